The fourth-order valence-corrected chi connectivity index (χ4v) is 3.41. The van der Waals surface area contributed by atoms with Gasteiger partial charge in [0.2, 0.25) is 0 Å². The summed E-state index contributed by atoms with van der Waals surface area (Å²) in [6, 6.07) is 4.32. The number of rotatable bonds is 4. The topological polar surface area (TPSA) is 42.1 Å². The van der Waals surface area contributed by atoms with Gasteiger partial charge in [-0.15, -0.1) is 0 Å². The maximum Gasteiger partial charge on any atom is 0.0597 e. The number of aryl methyl sites for hydroxylation is 2. The minimum atomic E-state index is 0.588. The predicted molar refractivity (Wildman–Crippen MR) is 86.3 cm³/mol. The van der Waals surface area contributed by atoms with Crippen molar-refractivity contribution >= 4 is 0 Å². The van der Waals surface area contributed by atoms with Crippen molar-refractivity contribution in [3.05, 3.63) is 35.4 Å². The highest BCUT2D eigenvalue weighted by atomic mass is 15.3. The van der Waals surface area contributed by atoms with Gasteiger partial charge in [0.1, 0.15) is 0 Å². The van der Waals surface area contributed by atoms with Gasteiger partial charge in [0.05, 0.1) is 17.1 Å². The van der Waals surface area contributed by atoms with Crippen molar-refractivity contribution in [1.29, 1.82) is 0 Å². The molecule has 6 nitrogen and oxygen atoms in total. The van der Waals surface area contributed by atoms with Gasteiger partial charge in [-0.3, -0.25) is 14.3 Å². The van der Waals surface area contributed by atoms with Gasteiger partial charge in [-0.25, -0.2) is 0 Å². The first kappa shape index (κ1) is 15.2. The van der Waals surface area contributed by atoms with Gasteiger partial charge in [0.25, 0.3) is 0 Å². The molecule has 2 aromatic rings. The van der Waals surface area contributed by atoms with E-state index in [1.807, 2.05) is 17.9 Å². The molecule has 0 spiro atoms. The maximum atomic E-state index is 4.49. The molecule has 22 heavy (non-hydrogen) atoms. The van der Waals surface area contributed by atoms with Crippen molar-refractivity contribution in [3.8, 4) is 0 Å². The zero-order chi connectivity index (χ0) is 15.7. The standard InChI is InChI=1S/C16H26N6/c1-13-7-16(20(4)18-13)12-21-9-14(8-19(2)3)10-22-15(11-21)5-6-17-22/h5-7,14H,8-12H2,1-4H3/t14-/m1/s1. The van der Waals surface area contributed by atoms with Crippen LogP contribution in [0, 0.1) is 12.8 Å². The van der Waals surface area contributed by atoms with Crippen LogP contribution in [0.2, 0.25) is 0 Å². The molecule has 0 radical (unpaired) electrons. The Morgan fingerprint density at radius 1 is 1.32 bits per heavy atom. The molecule has 1 aliphatic heterocycles. The summed E-state index contributed by atoms with van der Waals surface area (Å²) in [5, 5.41) is 8.96. The van der Waals surface area contributed by atoms with E-state index in [1.54, 1.807) is 0 Å². The Morgan fingerprint density at radius 3 is 2.82 bits per heavy atom. The smallest absolute Gasteiger partial charge is 0.0597 e. The first-order valence-electron chi connectivity index (χ1n) is 7.88. The Hall–Kier alpha value is -1.66. The van der Waals surface area contributed by atoms with Crippen molar-refractivity contribution in [2.75, 3.05) is 27.2 Å². The van der Waals surface area contributed by atoms with Gasteiger partial charge in [0, 0.05) is 51.9 Å². The van der Waals surface area contributed by atoms with Crippen molar-refractivity contribution in [1.82, 2.24) is 29.4 Å². The molecule has 0 saturated heterocycles. The van der Waals surface area contributed by atoms with E-state index in [9.17, 15) is 0 Å². The zero-order valence-corrected chi connectivity index (χ0v) is 14.0. The lowest BCUT2D eigenvalue weighted by Gasteiger charge is -2.25. The molecule has 3 heterocycles. The van der Waals surface area contributed by atoms with E-state index in [1.165, 1.54) is 11.4 Å². The average Bonchev–Trinajstić information content (AvgIpc) is 2.92. The molecule has 6 heteroatoms. The molecule has 0 aliphatic carbocycles. The number of hydrogen-bond donors (Lipinski definition) is 0. The zero-order valence-electron chi connectivity index (χ0n) is 14.0. The Balaban J connectivity index is 1.79. The lowest BCUT2D eigenvalue weighted by Crippen LogP contribution is -2.34. The second kappa shape index (κ2) is 6.22. The van der Waals surface area contributed by atoms with E-state index >= 15 is 0 Å². The Kier molecular flexibility index (Phi) is 4.31. The fourth-order valence-electron chi connectivity index (χ4n) is 3.41. The summed E-state index contributed by atoms with van der Waals surface area (Å²) < 4.78 is 4.17. The minimum absolute atomic E-state index is 0.588. The van der Waals surface area contributed by atoms with Crippen LogP contribution in [-0.4, -0.2) is 56.5 Å². The van der Waals surface area contributed by atoms with Crippen molar-refractivity contribution in [2.45, 2.75) is 26.6 Å². The molecule has 0 saturated carbocycles. The molecule has 0 amide bonds. The normalized spacial score (nSPS) is 19.4. The summed E-state index contributed by atoms with van der Waals surface area (Å²) >= 11 is 0. The highest BCUT2D eigenvalue weighted by Crippen LogP contribution is 2.18. The van der Waals surface area contributed by atoms with Gasteiger partial charge in [-0.1, -0.05) is 0 Å². The highest BCUT2D eigenvalue weighted by Gasteiger charge is 2.23. The van der Waals surface area contributed by atoms with Gasteiger partial charge in [-0.2, -0.15) is 10.2 Å². The third kappa shape index (κ3) is 3.39. The van der Waals surface area contributed by atoms with Gasteiger partial charge in [-0.05, 0) is 33.2 Å². The van der Waals surface area contributed by atoms with E-state index in [0.29, 0.717) is 5.92 Å². The van der Waals surface area contributed by atoms with E-state index < -0.39 is 0 Å². The Bertz CT molecular complexity index is 626. The average molecular weight is 302 g/mol. The Morgan fingerprint density at radius 2 is 2.14 bits per heavy atom. The highest BCUT2D eigenvalue weighted by molar-refractivity contribution is 5.09. The van der Waals surface area contributed by atoms with Gasteiger partial charge >= 0.3 is 0 Å². The van der Waals surface area contributed by atoms with E-state index in [0.717, 1.165) is 38.4 Å². The SMILES string of the molecule is Cc1cc(CN2Cc3ccnn3C[C@H](CN(C)C)C2)n(C)n1. The third-order valence-electron chi connectivity index (χ3n) is 4.25. The summed E-state index contributed by atoms with van der Waals surface area (Å²) in [5.74, 6) is 0.588. The molecule has 0 N–H and O–H groups in total. The summed E-state index contributed by atoms with van der Waals surface area (Å²) in [4.78, 5) is 4.79. The molecule has 1 aliphatic rings. The van der Waals surface area contributed by atoms with Crippen LogP contribution in [0.15, 0.2) is 18.3 Å². The molecule has 120 valence electrons. The van der Waals surface area contributed by atoms with Crippen LogP contribution in [0.1, 0.15) is 17.1 Å². The van der Waals surface area contributed by atoms with Crippen LogP contribution >= 0.6 is 0 Å². The molecule has 0 fully saturated rings. The molecule has 0 unspecified atom stereocenters. The summed E-state index contributed by atoms with van der Waals surface area (Å²) in [6.07, 6.45) is 1.92. The second-order valence-corrected chi connectivity index (χ2v) is 6.70. The van der Waals surface area contributed by atoms with Gasteiger partial charge in [0.15, 0.2) is 0 Å². The maximum absolute atomic E-state index is 4.49. The van der Waals surface area contributed by atoms with Crippen LogP contribution in [0.4, 0.5) is 0 Å². The van der Waals surface area contributed by atoms with Crippen LogP contribution < -0.4 is 0 Å². The van der Waals surface area contributed by atoms with E-state index in [2.05, 4.69) is 57.8 Å². The van der Waals surface area contributed by atoms with E-state index in [-0.39, 0.29) is 0 Å². The molecular weight excluding hydrogens is 276 g/mol. The first-order chi connectivity index (χ1) is 10.5. The predicted octanol–water partition coefficient (Wildman–Crippen LogP) is 1.12. The van der Waals surface area contributed by atoms with Crippen LogP contribution in [-0.2, 0) is 26.7 Å². The molecule has 0 aromatic carbocycles. The molecule has 2 aromatic heterocycles. The molecule has 0 bridgehead atoms. The number of nitrogens with zero attached hydrogens (tertiary/aromatic N) is 6. The van der Waals surface area contributed by atoms with Crippen LogP contribution in [0.3, 0.4) is 0 Å². The number of hydrogen-bond acceptors (Lipinski definition) is 4. The van der Waals surface area contributed by atoms with Gasteiger partial charge < -0.3 is 4.90 Å². The molecular formula is C16H26N6. The summed E-state index contributed by atoms with van der Waals surface area (Å²) in [5.41, 5.74) is 3.66. The summed E-state index contributed by atoms with van der Waals surface area (Å²) in [7, 11) is 6.31. The lowest BCUT2D eigenvalue weighted by molar-refractivity contribution is 0.190. The van der Waals surface area contributed by atoms with E-state index in [4.69, 9.17) is 0 Å². The van der Waals surface area contributed by atoms with Crippen molar-refractivity contribution in [3.63, 3.8) is 0 Å². The van der Waals surface area contributed by atoms with Crippen LogP contribution in [0.5, 0.6) is 0 Å². The largest absolute Gasteiger partial charge is 0.309 e. The van der Waals surface area contributed by atoms with Crippen molar-refractivity contribution in [2.24, 2.45) is 13.0 Å². The van der Waals surface area contributed by atoms with Crippen molar-refractivity contribution < 1.29 is 0 Å². The summed E-state index contributed by atoms with van der Waals surface area (Å²) in [6.45, 7) is 7.11. The second-order valence-electron chi connectivity index (χ2n) is 6.70. The number of aromatic nitrogens is 4. The molecule has 1 atom stereocenters. The Labute approximate surface area is 132 Å². The monoisotopic (exact) mass is 302 g/mol. The third-order valence-corrected chi connectivity index (χ3v) is 4.25. The molecule has 3 rings (SSSR count). The minimum Gasteiger partial charge on any atom is -0.309 e. The van der Waals surface area contributed by atoms with Crippen LogP contribution in [0.25, 0.3) is 0 Å². The lowest BCUT2D eigenvalue weighted by atomic mass is 10.1. The number of fused-ring (bicyclic) bond motifs is 1. The first-order valence-corrected chi connectivity index (χ1v) is 7.88. The fraction of sp³-hybridized carbons (Fsp3) is 0.625. The quantitative estimate of drug-likeness (QED) is 0.849.